The van der Waals surface area contributed by atoms with Crippen LogP contribution in [0.15, 0.2) is 0 Å². The lowest BCUT2D eigenvalue weighted by Gasteiger charge is -2.31. The Morgan fingerprint density at radius 2 is 1.33 bits per heavy atom. The van der Waals surface area contributed by atoms with Gasteiger partial charge in [0.25, 0.3) is 0 Å². The number of nitrogens with zero attached hydrogens (tertiary/aromatic N) is 1. The molecule has 0 spiro atoms. The topological polar surface area (TPSA) is 3.24 Å². The highest BCUT2D eigenvalue weighted by molar-refractivity contribution is 4.75. The average Bonchev–Trinajstić information content (AvgIpc) is 2.46. The highest BCUT2D eigenvalue weighted by Crippen LogP contribution is 2.37. The first-order valence-electron chi connectivity index (χ1n) is 9.85. The van der Waals surface area contributed by atoms with Gasteiger partial charge in [-0.2, -0.15) is 0 Å². The van der Waals surface area contributed by atoms with Gasteiger partial charge < -0.3 is 4.90 Å². The monoisotopic (exact) mass is 295 g/mol. The van der Waals surface area contributed by atoms with E-state index in [1.54, 1.807) is 0 Å². The van der Waals surface area contributed by atoms with Crippen molar-refractivity contribution in [1.82, 2.24) is 4.90 Å². The second kappa shape index (κ2) is 11.5. The van der Waals surface area contributed by atoms with E-state index in [2.05, 4.69) is 25.8 Å². The molecule has 0 aromatic heterocycles. The predicted molar refractivity (Wildman–Crippen MR) is 95.9 cm³/mol. The van der Waals surface area contributed by atoms with E-state index >= 15 is 0 Å². The van der Waals surface area contributed by atoms with Crippen LogP contribution in [0.2, 0.25) is 0 Å². The Morgan fingerprint density at radius 1 is 0.762 bits per heavy atom. The van der Waals surface area contributed by atoms with Gasteiger partial charge in [-0.1, -0.05) is 71.6 Å². The van der Waals surface area contributed by atoms with E-state index in [1.165, 1.54) is 103 Å². The van der Waals surface area contributed by atoms with E-state index in [4.69, 9.17) is 0 Å². The van der Waals surface area contributed by atoms with Crippen molar-refractivity contribution < 1.29 is 0 Å². The lowest BCUT2D eigenvalue weighted by atomic mass is 9.75. The molecule has 0 N–H and O–H groups in total. The van der Waals surface area contributed by atoms with E-state index in [1.807, 2.05) is 0 Å². The highest BCUT2D eigenvalue weighted by Gasteiger charge is 2.23. The van der Waals surface area contributed by atoms with Gasteiger partial charge in [0.15, 0.2) is 0 Å². The lowest BCUT2D eigenvalue weighted by molar-refractivity contribution is 0.216. The van der Waals surface area contributed by atoms with Crippen LogP contribution in [0.3, 0.4) is 0 Å². The third-order valence-electron chi connectivity index (χ3n) is 5.49. The molecule has 0 saturated heterocycles. The molecule has 126 valence electrons. The molecular formula is C20H41N. The first-order chi connectivity index (χ1) is 10.2. The minimum atomic E-state index is 0.659. The second-order valence-electron chi connectivity index (χ2n) is 7.90. The summed E-state index contributed by atoms with van der Waals surface area (Å²) in [6.07, 6.45) is 20.4. The Labute approximate surface area is 134 Å². The molecule has 0 aromatic rings. The fourth-order valence-electron chi connectivity index (χ4n) is 3.97. The van der Waals surface area contributed by atoms with Crippen molar-refractivity contribution in [1.29, 1.82) is 0 Å². The zero-order valence-electron chi connectivity index (χ0n) is 15.3. The average molecular weight is 296 g/mol. The molecule has 0 bridgehead atoms. The second-order valence-corrected chi connectivity index (χ2v) is 7.90. The van der Waals surface area contributed by atoms with Crippen LogP contribution in [0.1, 0.15) is 104 Å². The molecule has 1 heteroatoms. The summed E-state index contributed by atoms with van der Waals surface area (Å²) in [5.74, 6) is 0. The van der Waals surface area contributed by atoms with Crippen LogP contribution in [0.4, 0.5) is 0 Å². The summed E-state index contributed by atoms with van der Waals surface area (Å²) in [4.78, 5) is 2.49. The summed E-state index contributed by atoms with van der Waals surface area (Å²) in [5, 5.41) is 0. The third kappa shape index (κ3) is 9.55. The maximum atomic E-state index is 2.58. The predicted octanol–water partition coefficient (Wildman–Crippen LogP) is 6.42. The van der Waals surface area contributed by atoms with Gasteiger partial charge in [0.05, 0.1) is 0 Å². The molecule has 21 heavy (non-hydrogen) atoms. The van der Waals surface area contributed by atoms with Gasteiger partial charge in [-0.05, 0) is 57.7 Å². The quantitative estimate of drug-likeness (QED) is 0.467. The van der Waals surface area contributed by atoms with Crippen LogP contribution in [0.25, 0.3) is 0 Å². The minimum absolute atomic E-state index is 0.659. The molecule has 1 fully saturated rings. The molecule has 0 aliphatic heterocycles. The Morgan fingerprint density at radius 3 is 1.90 bits per heavy atom. The van der Waals surface area contributed by atoms with Crippen LogP contribution in [-0.2, 0) is 0 Å². The van der Waals surface area contributed by atoms with E-state index < -0.39 is 0 Å². The van der Waals surface area contributed by atoms with E-state index in [0.29, 0.717) is 5.41 Å². The van der Waals surface area contributed by atoms with Crippen molar-refractivity contribution in [2.75, 3.05) is 20.1 Å². The Bertz CT molecular complexity index is 226. The van der Waals surface area contributed by atoms with Gasteiger partial charge in [0.1, 0.15) is 0 Å². The van der Waals surface area contributed by atoms with Gasteiger partial charge in [-0.15, -0.1) is 0 Å². The fourth-order valence-corrected chi connectivity index (χ4v) is 3.97. The molecule has 0 unspecified atom stereocenters. The van der Waals surface area contributed by atoms with Gasteiger partial charge in [-0.25, -0.2) is 0 Å². The fraction of sp³-hybridized carbons (Fsp3) is 1.00. The molecule has 0 aromatic carbocycles. The van der Waals surface area contributed by atoms with Crippen molar-refractivity contribution in [3.8, 4) is 0 Å². The first-order valence-corrected chi connectivity index (χ1v) is 9.85. The minimum Gasteiger partial charge on any atom is -0.306 e. The SMILES string of the molecule is CCCN(C)CCCCCC1(C)CCCCCCCCC1. The molecule has 0 atom stereocenters. The summed E-state index contributed by atoms with van der Waals surface area (Å²) < 4.78 is 0. The van der Waals surface area contributed by atoms with Gasteiger partial charge in [0.2, 0.25) is 0 Å². The number of hydrogen-bond donors (Lipinski definition) is 0. The smallest absolute Gasteiger partial charge is 0.00218 e. The van der Waals surface area contributed by atoms with Crippen LogP contribution in [-0.4, -0.2) is 25.0 Å². The lowest BCUT2D eigenvalue weighted by Crippen LogP contribution is -2.20. The zero-order valence-corrected chi connectivity index (χ0v) is 15.3. The molecule has 1 aliphatic carbocycles. The van der Waals surface area contributed by atoms with Gasteiger partial charge >= 0.3 is 0 Å². The summed E-state index contributed by atoms with van der Waals surface area (Å²) in [7, 11) is 2.27. The molecular weight excluding hydrogens is 254 g/mol. The molecule has 1 rings (SSSR count). The number of hydrogen-bond acceptors (Lipinski definition) is 1. The van der Waals surface area contributed by atoms with Crippen molar-refractivity contribution >= 4 is 0 Å². The molecule has 0 amide bonds. The van der Waals surface area contributed by atoms with Gasteiger partial charge in [0, 0.05) is 0 Å². The van der Waals surface area contributed by atoms with Crippen molar-refractivity contribution in [2.24, 2.45) is 5.41 Å². The normalized spacial score (nSPS) is 20.6. The number of unbranched alkanes of at least 4 members (excludes halogenated alkanes) is 2. The Kier molecular flexibility index (Phi) is 10.4. The van der Waals surface area contributed by atoms with Crippen LogP contribution in [0, 0.1) is 5.41 Å². The maximum absolute atomic E-state index is 2.58. The number of rotatable bonds is 8. The third-order valence-corrected chi connectivity index (χ3v) is 5.49. The van der Waals surface area contributed by atoms with Gasteiger partial charge in [-0.3, -0.25) is 0 Å². The molecule has 0 radical (unpaired) electrons. The summed E-state index contributed by atoms with van der Waals surface area (Å²) in [5.41, 5.74) is 0.659. The highest BCUT2D eigenvalue weighted by atomic mass is 15.1. The van der Waals surface area contributed by atoms with Crippen LogP contribution < -0.4 is 0 Å². The molecule has 1 saturated carbocycles. The molecule has 0 heterocycles. The standard InChI is InChI=1S/C20H41N/c1-4-18-21(3)19-14-10-13-17-20(2)15-11-8-6-5-7-9-12-16-20/h4-19H2,1-3H3. The summed E-state index contributed by atoms with van der Waals surface area (Å²) in [6, 6.07) is 0. The van der Waals surface area contributed by atoms with Crippen molar-refractivity contribution in [3.63, 3.8) is 0 Å². The summed E-state index contributed by atoms with van der Waals surface area (Å²) in [6.45, 7) is 7.41. The van der Waals surface area contributed by atoms with E-state index in [-0.39, 0.29) is 0 Å². The van der Waals surface area contributed by atoms with Crippen LogP contribution >= 0.6 is 0 Å². The zero-order chi connectivity index (χ0) is 15.4. The maximum Gasteiger partial charge on any atom is -0.00218 e. The molecule has 1 nitrogen and oxygen atoms in total. The van der Waals surface area contributed by atoms with Crippen LogP contribution in [0.5, 0.6) is 0 Å². The van der Waals surface area contributed by atoms with Crippen molar-refractivity contribution in [3.05, 3.63) is 0 Å². The van der Waals surface area contributed by atoms with Crippen molar-refractivity contribution in [2.45, 2.75) is 104 Å². The van der Waals surface area contributed by atoms with E-state index in [9.17, 15) is 0 Å². The molecule has 1 aliphatic rings. The van der Waals surface area contributed by atoms with E-state index in [0.717, 1.165) is 0 Å². The summed E-state index contributed by atoms with van der Waals surface area (Å²) >= 11 is 0. The Hall–Kier alpha value is -0.0400. The first kappa shape index (κ1) is 19.0. The largest absolute Gasteiger partial charge is 0.306 e. The Balaban J connectivity index is 2.16.